The van der Waals surface area contributed by atoms with Gasteiger partial charge in [0.05, 0.1) is 10.7 Å². The summed E-state index contributed by atoms with van der Waals surface area (Å²) in [5.74, 6) is 0.561. The number of nitrogens with one attached hydrogen (secondary N) is 1. The number of hydrogen-bond acceptors (Lipinski definition) is 4. The molecule has 0 saturated carbocycles. The fourth-order valence-corrected chi connectivity index (χ4v) is 3.63. The first kappa shape index (κ1) is 22.0. The van der Waals surface area contributed by atoms with Crippen LogP contribution in [0.4, 0.5) is 11.4 Å². The van der Waals surface area contributed by atoms with Crippen molar-refractivity contribution in [1.82, 2.24) is 4.90 Å². The largest absolute Gasteiger partial charge is 0.484 e. The van der Waals surface area contributed by atoms with E-state index >= 15 is 0 Å². The van der Waals surface area contributed by atoms with Crippen molar-refractivity contribution < 1.29 is 14.3 Å². The van der Waals surface area contributed by atoms with Gasteiger partial charge >= 0.3 is 0 Å². The third-order valence-corrected chi connectivity index (χ3v) is 5.20. The number of benzene rings is 2. The monoisotopic (exact) mass is 429 g/mol. The van der Waals surface area contributed by atoms with Gasteiger partial charge in [-0.1, -0.05) is 50.6 Å². The van der Waals surface area contributed by atoms with Gasteiger partial charge in [-0.05, 0) is 30.3 Å². The van der Waals surface area contributed by atoms with Gasteiger partial charge < -0.3 is 19.9 Å². The smallest absolute Gasteiger partial charge is 0.262 e. The van der Waals surface area contributed by atoms with Crippen LogP contribution in [0, 0.1) is 5.41 Å². The third-order valence-electron chi connectivity index (χ3n) is 4.89. The zero-order valence-corrected chi connectivity index (χ0v) is 18.4. The van der Waals surface area contributed by atoms with Crippen LogP contribution in [0.2, 0.25) is 5.02 Å². The van der Waals surface area contributed by atoms with Crippen molar-refractivity contribution in [3.8, 4) is 5.75 Å². The minimum Gasteiger partial charge on any atom is -0.484 e. The summed E-state index contributed by atoms with van der Waals surface area (Å²) in [6, 6.07) is 14.7. The van der Waals surface area contributed by atoms with E-state index in [1.807, 2.05) is 56.0 Å². The van der Waals surface area contributed by atoms with Gasteiger partial charge in [0.15, 0.2) is 6.61 Å². The Morgan fingerprint density at radius 3 is 2.30 bits per heavy atom. The van der Waals surface area contributed by atoms with Crippen molar-refractivity contribution in [3.05, 3.63) is 53.6 Å². The maximum absolute atomic E-state index is 12.5. The van der Waals surface area contributed by atoms with Crippen LogP contribution in [0.25, 0.3) is 0 Å². The Kier molecular flexibility index (Phi) is 6.87. The van der Waals surface area contributed by atoms with Gasteiger partial charge in [-0.25, -0.2) is 0 Å². The zero-order valence-electron chi connectivity index (χ0n) is 17.7. The second-order valence-electron chi connectivity index (χ2n) is 8.35. The molecule has 7 heteroatoms. The molecular formula is C23H28ClN3O3. The van der Waals surface area contributed by atoms with Crippen LogP contribution in [0.3, 0.4) is 0 Å². The summed E-state index contributed by atoms with van der Waals surface area (Å²) in [4.78, 5) is 28.7. The van der Waals surface area contributed by atoms with E-state index in [9.17, 15) is 9.59 Å². The molecule has 1 heterocycles. The first-order valence-corrected chi connectivity index (χ1v) is 10.4. The Labute approximate surface area is 182 Å². The van der Waals surface area contributed by atoms with Crippen molar-refractivity contribution in [1.29, 1.82) is 0 Å². The first-order chi connectivity index (χ1) is 14.2. The summed E-state index contributed by atoms with van der Waals surface area (Å²) in [6.07, 6.45) is 0. The van der Waals surface area contributed by atoms with Crippen molar-refractivity contribution in [2.45, 2.75) is 20.8 Å². The summed E-state index contributed by atoms with van der Waals surface area (Å²) in [6.45, 7) is 8.52. The molecule has 1 aliphatic heterocycles. The molecule has 30 heavy (non-hydrogen) atoms. The van der Waals surface area contributed by atoms with Crippen LogP contribution < -0.4 is 15.0 Å². The molecular weight excluding hydrogens is 402 g/mol. The molecule has 1 N–H and O–H groups in total. The highest BCUT2D eigenvalue weighted by Crippen LogP contribution is 2.30. The van der Waals surface area contributed by atoms with Gasteiger partial charge in [0.1, 0.15) is 5.75 Å². The summed E-state index contributed by atoms with van der Waals surface area (Å²) in [5.41, 5.74) is 1.15. The maximum atomic E-state index is 12.5. The first-order valence-electron chi connectivity index (χ1n) is 10.1. The molecule has 0 radical (unpaired) electrons. The summed E-state index contributed by atoms with van der Waals surface area (Å²) >= 11 is 6.49. The number of rotatable bonds is 5. The van der Waals surface area contributed by atoms with Gasteiger partial charge in [0, 0.05) is 37.3 Å². The molecule has 0 aromatic heterocycles. The second-order valence-corrected chi connectivity index (χ2v) is 8.75. The maximum Gasteiger partial charge on any atom is 0.262 e. The standard InChI is InChI=1S/C23H28ClN3O3/c1-23(2,3)22(29)27-13-11-26(12-14-27)20-10-9-17(15-19(20)24)25-21(28)16-30-18-7-5-4-6-8-18/h4-10,15H,11-14,16H2,1-3H3,(H,25,28). The lowest BCUT2D eigenvalue weighted by Crippen LogP contribution is -2.51. The SMILES string of the molecule is CC(C)(C)C(=O)N1CCN(c2ccc(NC(=O)COc3ccccc3)cc2Cl)CC1. The Morgan fingerprint density at radius 1 is 1.03 bits per heavy atom. The quantitative estimate of drug-likeness (QED) is 0.778. The van der Waals surface area contributed by atoms with Crippen LogP contribution in [0.15, 0.2) is 48.5 Å². The predicted molar refractivity (Wildman–Crippen MR) is 120 cm³/mol. The summed E-state index contributed by atoms with van der Waals surface area (Å²) in [7, 11) is 0. The Balaban J connectivity index is 1.54. The number of nitrogens with zero attached hydrogens (tertiary/aromatic N) is 2. The topological polar surface area (TPSA) is 61.9 Å². The van der Waals surface area contributed by atoms with Crippen LogP contribution in [0.1, 0.15) is 20.8 Å². The highest BCUT2D eigenvalue weighted by atomic mass is 35.5. The number of carbonyl (C=O) groups excluding carboxylic acids is 2. The molecule has 1 fully saturated rings. The van der Waals surface area contributed by atoms with Crippen LogP contribution in [-0.2, 0) is 9.59 Å². The van der Waals surface area contributed by atoms with Crippen molar-refractivity contribution >= 4 is 34.8 Å². The van der Waals surface area contributed by atoms with Gasteiger partial charge in [-0.15, -0.1) is 0 Å². The highest BCUT2D eigenvalue weighted by Gasteiger charge is 2.30. The van der Waals surface area contributed by atoms with E-state index in [4.69, 9.17) is 16.3 Å². The fourth-order valence-electron chi connectivity index (χ4n) is 3.33. The molecule has 2 aromatic carbocycles. The van der Waals surface area contributed by atoms with Gasteiger partial charge in [-0.3, -0.25) is 9.59 Å². The molecule has 2 aromatic rings. The fraction of sp³-hybridized carbons (Fsp3) is 0.391. The van der Waals surface area contributed by atoms with Crippen LogP contribution in [-0.4, -0.2) is 49.5 Å². The lowest BCUT2D eigenvalue weighted by atomic mass is 9.94. The third kappa shape index (κ3) is 5.66. The van der Waals surface area contributed by atoms with E-state index in [2.05, 4.69) is 10.2 Å². The van der Waals surface area contributed by atoms with Crippen LogP contribution in [0.5, 0.6) is 5.75 Å². The molecule has 1 aliphatic rings. The van der Waals surface area contributed by atoms with E-state index in [1.165, 1.54) is 0 Å². The highest BCUT2D eigenvalue weighted by molar-refractivity contribution is 6.33. The summed E-state index contributed by atoms with van der Waals surface area (Å²) in [5, 5.41) is 3.36. The molecule has 0 bridgehead atoms. The van der Waals surface area contributed by atoms with Crippen LogP contribution >= 0.6 is 11.6 Å². The second kappa shape index (κ2) is 9.39. The molecule has 0 unspecified atom stereocenters. The molecule has 0 spiro atoms. The number of anilines is 2. The van der Waals surface area contributed by atoms with E-state index in [0.717, 1.165) is 18.8 Å². The van der Waals surface area contributed by atoms with Crippen molar-refractivity contribution in [2.75, 3.05) is 43.0 Å². The molecule has 1 saturated heterocycles. The average Bonchev–Trinajstić information content (AvgIpc) is 2.72. The number of ether oxygens (including phenoxy) is 1. The minimum absolute atomic E-state index is 0.0762. The number of para-hydroxylation sites is 1. The van der Waals surface area contributed by atoms with Gasteiger partial charge in [0.25, 0.3) is 5.91 Å². The molecule has 0 atom stereocenters. The molecule has 3 rings (SSSR count). The lowest BCUT2D eigenvalue weighted by Gasteiger charge is -2.39. The number of halogens is 1. The molecule has 0 aliphatic carbocycles. The van der Waals surface area contributed by atoms with E-state index in [1.54, 1.807) is 18.2 Å². The number of amides is 2. The minimum atomic E-state index is -0.371. The molecule has 2 amide bonds. The number of piperazine rings is 1. The summed E-state index contributed by atoms with van der Waals surface area (Å²) < 4.78 is 5.46. The van der Waals surface area contributed by atoms with Gasteiger partial charge in [0.2, 0.25) is 5.91 Å². The lowest BCUT2D eigenvalue weighted by molar-refractivity contribution is -0.139. The number of hydrogen-bond donors (Lipinski definition) is 1. The Morgan fingerprint density at radius 2 is 1.70 bits per heavy atom. The average molecular weight is 430 g/mol. The van der Waals surface area contributed by atoms with E-state index < -0.39 is 0 Å². The molecule has 160 valence electrons. The normalized spacial score (nSPS) is 14.4. The van der Waals surface area contributed by atoms with Crippen molar-refractivity contribution in [3.63, 3.8) is 0 Å². The van der Waals surface area contributed by atoms with E-state index in [-0.39, 0.29) is 23.8 Å². The Bertz CT molecular complexity index is 888. The predicted octanol–water partition coefficient (Wildman–Crippen LogP) is 4.05. The Hall–Kier alpha value is -2.73. The van der Waals surface area contributed by atoms with Gasteiger partial charge in [-0.2, -0.15) is 0 Å². The number of carbonyl (C=O) groups is 2. The van der Waals surface area contributed by atoms with Crippen molar-refractivity contribution in [2.24, 2.45) is 5.41 Å². The molecule has 6 nitrogen and oxygen atoms in total. The van der Waals surface area contributed by atoms with E-state index in [0.29, 0.717) is 29.5 Å². The zero-order chi connectivity index (χ0) is 21.7.